The fraction of sp³-hybridized carbons (Fsp3) is 0.176. The molecule has 0 spiro atoms. The Hall–Kier alpha value is -2.73. The Kier molecular flexibility index (Phi) is 4.31. The Morgan fingerprint density at radius 2 is 1.79 bits per heavy atom. The van der Waals surface area contributed by atoms with Crippen LogP contribution in [-0.2, 0) is 11.2 Å². The third kappa shape index (κ3) is 3.44. The zero-order valence-corrected chi connectivity index (χ0v) is 14.1. The monoisotopic (exact) mass is 344 g/mol. The first-order chi connectivity index (χ1) is 11.4. The number of rotatable bonds is 3. The van der Waals surface area contributed by atoms with E-state index in [1.807, 2.05) is 25.1 Å². The predicted octanol–water partition coefficient (Wildman–Crippen LogP) is 3.54. The Balaban J connectivity index is 1.67. The van der Waals surface area contributed by atoms with Crippen molar-refractivity contribution in [3.05, 3.63) is 47.0 Å². The number of benzene rings is 2. The highest BCUT2D eigenvalue weighted by molar-refractivity contribution is 6.33. The molecule has 2 aromatic rings. The quantitative estimate of drug-likeness (QED) is 0.797. The SMILES string of the molecule is CN(C)c1ccc(NC(=O)Nc2ccc3c(c2)CC(=O)N3)cc1Cl. The molecule has 0 aromatic heterocycles. The second kappa shape index (κ2) is 6.41. The third-order valence-electron chi connectivity index (χ3n) is 3.68. The van der Waals surface area contributed by atoms with Gasteiger partial charge in [0.05, 0.1) is 17.1 Å². The summed E-state index contributed by atoms with van der Waals surface area (Å²) >= 11 is 6.19. The Bertz CT molecular complexity index is 820. The zero-order valence-electron chi connectivity index (χ0n) is 13.3. The van der Waals surface area contributed by atoms with Gasteiger partial charge in [0.25, 0.3) is 0 Å². The Morgan fingerprint density at radius 1 is 1.12 bits per heavy atom. The van der Waals surface area contributed by atoms with Crippen molar-refractivity contribution >= 4 is 46.3 Å². The molecule has 124 valence electrons. The van der Waals surface area contributed by atoms with Crippen LogP contribution in [-0.4, -0.2) is 26.0 Å². The van der Waals surface area contributed by atoms with E-state index in [9.17, 15) is 9.59 Å². The topological polar surface area (TPSA) is 73.5 Å². The minimum absolute atomic E-state index is 0.0396. The van der Waals surface area contributed by atoms with Gasteiger partial charge in [-0.25, -0.2) is 4.79 Å². The lowest BCUT2D eigenvalue weighted by atomic mass is 10.1. The van der Waals surface area contributed by atoms with Gasteiger partial charge in [0, 0.05) is 31.2 Å². The molecule has 24 heavy (non-hydrogen) atoms. The molecule has 0 saturated carbocycles. The highest BCUT2D eigenvalue weighted by Gasteiger charge is 2.17. The molecule has 7 heteroatoms. The molecular weight excluding hydrogens is 328 g/mol. The van der Waals surface area contributed by atoms with E-state index in [1.165, 1.54) is 0 Å². The maximum atomic E-state index is 12.1. The van der Waals surface area contributed by atoms with E-state index in [0.29, 0.717) is 22.8 Å². The molecular formula is C17H17ClN4O2. The Morgan fingerprint density at radius 3 is 2.46 bits per heavy atom. The molecule has 0 atom stereocenters. The standard InChI is InChI=1S/C17H17ClN4O2/c1-22(2)15-6-4-12(9-13(15)18)20-17(24)19-11-3-5-14-10(7-11)8-16(23)21-14/h3-7,9H,8H2,1-2H3,(H,21,23)(H2,19,20,24). The molecule has 3 rings (SSSR count). The van der Waals surface area contributed by atoms with Crippen molar-refractivity contribution in [1.29, 1.82) is 0 Å². The fourth-order valence-electron chi connectivity index (χ4n) is 2.55. The van der Waals surface area contributed by atoms with Gasteiger partial charge >= 0.3 is 6.03 Å². The molecule has 0 unspecified atom stereocenters. The van der Waals surface area contributed by atoms with Crippen LogP contribution < -0.4 is 20.9 Å². The number of amides is 3. The van der Waals surface area contributed by atoms with Crippen LogP contribution in [0.25, 0.3) is 0 Å². The number of nitrogens with zero attached hydrogens (tertiary/aromatic N) is 1. The summed E-state index contributed by atoms with van der Waals surface area (Å²) in [6, 6.07) is 10.2. The van der Waals surface area contributed by atoms with Crippen LogP contribution in [0, 0.1) is 0 Å². The maximum Gasteiger partial charge on any atom is 0.323 e. The van der Waals surface area contributed by atoms with Gasteiger partial charge in [-0.1, -0.05) is 11.6 Å². The molecule has 0 aliphatic carbocycles. The number of fused-ring (bicyclic) bond motifs is 1. The van der Waals surface area contributed by atoms with E-state index in [0.717, 1.165) is 16.9 Å². The zero-order chi connectivity index (χ0) is 17.3. The van der Waals surface area contributed by atoms with Crippen LogP contribution in [0.1, 0.15) is 5.56 Å². The summed E-state index contributed by atoms with van der Waals surface area (Å²) in [5.74, 6) is -0.0396. The van der Waals surface area contributed by atoms with Crippen molar-refractivity contribution in [2.24, 2.45) is 0 Å². The summed E-state index contributed by atoms with van der Waals surface area (Å²) in [5, 5.41) is 8.80. The van der Waals surface area contributed by atoms with Crippen molar-refractivity contribution in [3.63, 3.8) is 0 Å². The van der Waals surface area contributed by atoms with Crippen LogP contribution in [0.3, 0.4) is 0 Å². The molecule has 2 aromatic carbocycles. The third-order valence-corrected chi connectivity index (χ3v) is 3.98. The van der Waals surface area contributed by atoms with Crippen LogP contribution in [0.5, 0.6) is 0 Å². The van der Waals surface area contributed by atoms with E-state index >= 15 is 0 Å². The minimum atomic E-state index is -0.374. The number of hydrogen-bond donors (Lipinski definition) is 3. The van der Waals surface area contributed by atoms with Gasteiger partial charge in [0.2, 0.25) is 5.91 Å². The van der Waals surface area contributed by atoms with Gasteiger partial charge in [0.15, 0.2) is 0 Å². The van der Waals surface area contributed by atoms with Crippen molar-refractivity contribution in [3.8, 4) is 0 Å². The number of carbonyl (C=O) groups is 2. The predicted molar refractivity (Wildman–Crippen MR) is 97.2 cm³/mol. The second-order valence-electron chi connectivity index (χ2n) is 5.74. The van der Waals surface area contributed by atoms with E-state index in [4.69, 9.17) is 11.6 Å². The van der Waals surface area contributed by atoms with Gasteiger partial charge in [-0.3, -0.25) is 4.79 Å². The number of halogens is 1. The summed E-state index contributed by atoms with van der Waals surface area (Å²) < 4.78 is 0. The summed E-state index contributed by atoms with van der Waals surface area (Å²) in [6.45, 7) is 0. The van der Waals surface area contributed by atoms with Crippen molar-refractivity contribution in [1.82, 2.24) is 0 Å². The van der Waals surface area contributed by atoms with Crippen LogP contribution >= 0.6 is 11.6 Å². The van der Waals surface area contributed by atoms with Crippen LogP contribution in [0.15, 0.2) is 36.4 Å². The molecule has 6 nitrogen and oxygen atoms in total. The molecule has 3 amide bonds. The maximum absolute atomic E-state index is 12.1. The summed E-state index contributed by atoms with van der Waals surface area (Å²) in [7, 11) is 3.79. The van der Waals surface area contributed by atoms with Crippen molar-refractivity contribution in [2.75, 3.05) is 34.9 Å². The van der Waals surface area contributed by atoms with Crippen molar-refractivity contribution < 1.29 is 9.59 Å². The molecule has 0 bridgehead atoms. The number of carbonyl (C=O) groups excluding carboxylic acids is 2. The summed E-state index contributed by atoms with van der Waals surface area (Å²) in [4.78, 5) is 25.4. The van der Waals surface area contributed by atoms with Gasteiger partial charge in [-0.05, 0) is 42.0 Å². The smallest absolute Gasteiger partial charge is 0.323 e. The first-order valence-corrected chi connectivity index (χ1v) is 7.78. The molecule has 1 aliphatic rings. The van der Waals surface area contributed by atoms with Crippen molar-refractivity contribution in [2.45, 2.75) is 6.42 Å². The fourth-order valence-corrected chi connectivity index (χ4v) is 2.90. The van der Waals surface area contributed by atoms with Gasteiger partial charge in [-0.2, -0.15) is 0 Å². The van der Waals surface area contributed by atoms with E-state index in [2.05, 4.69) is 16.0 Å². The average Bonchev–Trinajstić information content (AvgIpc) is 2.86. The lowest BCUT2D eigenvalue weighted by Crippen LogP contribution is -2.19. The first kappa shape index (κ1) is 16.1. The van der Waals surface area contributed by atoms with Crippen LogP contribution in [0.4, 0.5) is 27.5 Å². The molecule has 1 heterocycles. The van der Waals surface area contributed by atoms with E-state index in [-0.39, 0.29) is 11.9 Å². The normalized spacial score (nSPS) is 12.4. The number of urea groups is 1. The van der Waals surface area contributed by atoms with E-state index < -0.39 is 0 Å². The highest BCUT2D eigenvalue weighted by atomic mass is 35.5. The average molecular weight is 345 g/mol. The number of hydrogen-bond acceptors (Lipinski definition) is 3. The minimum Gasteiger partial charge on any atom is -0.376 e. The molecule has 0 fully saturated rings. The lowest BCUT2D eigenvalue weighted by molar-refractivity contribution is -0.115. The molecule has 0 radical (unpaired) electrons. The van der Waals surface area contributed by atoms with Gasteiger partial charge in [-0.15, -0.1) is 0 Å². The van der Waals surface area contributed by atoms with Gasteiger partial charge < -0.3 is 20.9 Å². The molecule has 1 aliphatic heterocycles. The number of anilines is 4. The second-order valence-corrected chi connectivity index (χ2v) is 6.14. The summed E-state index contributed by atoms with van der Waals surface area (Å²) in [5.41, 5.74) is 3.76. The largest absolute Gasteiger partial charge is 0.376 e. The summed E-state index contributed by atoms with van der Waals surface area (Å²) in [6.07, 6.45) is 0.327. The highest BCUT2D eigenvalue weighted by Crippen LogP contribution is 2.28. The van der Waals surface area contributed by atoms with Gasteiger partial charge in [0.1, 0.15) is 0 Å². The lowest BCUT2D eigenvalue weighted by Gasteiger charge is -2.15. The Labute approximate surface area is 144 Å². The van der Waals surface area contributed by atoms with E-state index in [1.54, 1.807) is 30.3 Å². The first-order valence-electron chi connectivity index (χ1n) is 7.40. The number of nitrogens with one attached hydrogen (secondary N) is 3. The molecule has 0 saturated heterocycles. The molecule has 3 N–H and O–H groups in total. The van der Waals surface area contributed by atoms with Crippen LogP contribution in [0.2, 0.25) is 5.02 Å².